The van der Waals surface area contributed by atoms with E-state index in [-0.39, 0.29) is 6.42 Å². The van der Waals surface area contributed by atoms with Crippen molar-refractivity contribution in [3.63, 3.8) is 0 Å². The maximum absolute atomic E-state index is 11.9. The number of carboxylic acids is 1. The molecule has 1 amide bonds. The van der Waals surface area contributed by atoms with Gasteiger partial charge in [-0.2, -0.15) is 0 Å². The molecule has 0 aliphatic rings. The maximum Gasteiger partial charge on any atom is 0.334 e. The summed E-state index contributed by atoms with van der Waals surface area (Å²) in [7, 11) is 0. The molecule has 0 heterocycles. The first-order valence-corrected chi connectivity index (χ1v) is 6.54. The van der Waals surface area contributed by atoms with Gasteiger partial charge in [0.25, 0.3) is 0 Å². The van der Waals surface area contributed by atoms with Crippen LogP contribution in [0.3, 0.4) is 0 Å². The number of hydrogen-bond donors (Lipinski definition) is 2. The summed E-state index contributed by atoms with van der Waals surface area (Å²) < 4.78 is 0. The van der Waals surface area contributed by atoms with E-state index in [1.165, 1.54) is 12.5 Å². The lowest BCUT2D eigenvalue weighted by Crippen LogP contribution is -2.45. The van der Waals surface area contributed by atoms with Gasteiger partial charge in [-0.05, 0) is 24.0 Å². The number of nitrogens with one attached hydrogen (secondary N) is 1. The Labute approximate surface area is 118 Å². The lowest BCUT2D eigenvalue weighted by molar-refractivity contribution is -0.145. The van der Waals surface area contributed by atoms with Crippen molar-refractivity contribution in [1.82, 2.24) is 5.32 Å². The molecular formula is C15H19NO4. The molecule has 0 spiro atoms. The molecule has 0 aliphatic carbocycles. The summed E-state index contributed by atoms with van der Waals surface area (Å²) in [6.07, 6.45) is 1.46. The average Bonchev–Trinajstić information content (AvgIpc) is 2.42. The van der Waals surface area contributed by atoms with Crippen LogP contribution < -0.4 is 5.32 Å². The number of aryl methyl sites for hydroxylation is 2. The van der Waals surface area contributed by atoms with E-state index in [4.69, 9.17) is 5.11 Å². The molecule has 0 bridgehead atoms. The minimum absolute atomic E-state index is 0.0877. The summed E-state index contributed by atoms with van der Waals surface area (Å²) in [5.74, 6) is -2.35. The topological polar surface area (TPSA) is 83.5 Å². The highest BCUT2D eigenvalue weighted by Crippen LogP contribution is 2.09. The van der Waals surface area contributed by atoms with Crippen LogP contribution in [0.15, 0.2) is 24.3 Å². The van der Waals surface area contributed by atoms with E-state index in [0.29, 0.717) is 6.42 Å². The van der Waals surface area contributed by atoms with E-state index >= 15 is 0 Å². The predicted molar refractivity (Wildman–Crippen MR) is 74.4 cm³/mol. The Morgan fingerprint density at radius 2 is 1.90 bits per heavy atom. The minimum atomic E-state index is -1.46. The molecule has 0 saturated heterocycles. The van der Waals surface area contributed by atoms with Gasteiger partial charge in [0, 0.05) is 13.3 Å². The third kappa shape index (κ3) is 4.84. The maximum atomic E-state index is 11.9. The molecule has 1 rings (SSSR count). The van der Waals surface area contributed by atoms with Crippen LogP contribution in [0.25, 0.3) is 0 Å². The molecule has 1 aromatic carbocycles. The average molecular weight is 277 g/mol. The zero-order valence-electron chi connectivity index (χ0n) is 11.7. The Morgan fingerprint density at radius 1 is 1.25 bits per heavy atom. The number of Topliss-reactive ketones (excluding diaryl/α,β-unsaturated/α-hetero) is 1. The van der Waals surface area contributed by atoms with Gasteiger partial charge in [-0.3, -0.25) is 9.59 Å². The summed E-state index contributed by atoms with van der Waals surface area (Å²) >= 11 is 0. The molecule has 5 heteroatoms. The largest absolute Gasteiger partial charge is 0.479 e. The number of benzene rings is 1. The van der Waals surface area contributed by atoms with Gasteiger partial charge in [0.05, 0.1) is 0 Å². The van der Waals surface area contributed by atoms with Gasteiger partial charge >= 0.3 is 5.97 Å². The molecule has 0 radical (unpaired) electrons. The minimum Gasteiger partial charge on any atom is -0.479 e. The Kier molecular flexibility index (Phi) is 5.90. The number of aliphatic carboxylic acids is 1. The summed E-state index contributed by atoms with van der Waals surface area (Å²) in [6, 6.07) is 6.37. The Balaban J connectivity index is 2.64. The van der Waals surface area contributed by atoms with E-state index in [0.717, 1.165) is 12.0 Å². The van der Waals surface area contributed by atoms with Gasteiger partial charge in [-0.15, -0.1) is 0 Å². The quantitative estimate of drug-likeness (QED) is 0.737. The third-order valence-corrected chi connectivity index (χ3v) is 2.98. The Bertz CT molecular complexity index is 510. The first-order chi connectivity index (χ1) is 9.43. The number of hydrogen-bond acceptors (Lipinski definition) is 3. The highest BCUT2D eigenvalue weighted by atomic mass is 16.4. The summed E-state index contributed by atoms with van der Waals surface area (Å²) in [5, 5.41) is 11.1. The van der Waals surface area contributed by atoms with Crippen molar-refractivity contribution < 1.29 is 19.5 Å². The van der Waals surface area contributed by atoms with Crippen LogP contribution in [0.1, 0.15) is 31.4 Å². The van der Waals surface area contributed by atoms with Gasteiger partial charge in [-0.25, -0.2) is 4.79 Å². The van der Waals surface area contributed by atoms with Crippen LogP contribution >= 0.6 is 0 Å². The van der Waals surface area contributed by atoms with Crippen LogP contribution in [0, 0.1) is 0 Å². The number of carbonyl (C=O) groups excluding carboxylic acids is 2. The zero-order chi connectivity index (χ0) is 15.1. The van der Waals surface area contributed by atoms with Crippen LogP contribution in [-0.4, -0.2) is 28.8 Å². The van der Waals surface area contributed by atoms with Crippen molar-refractivity contribution >= 4 is 17.7 Å². The molecule has 0 aliphatic heterocycles. The molecule has 0 fully saturated rings. The number of rotatable bonds is 7. The normalized spacial score (nSPS) is 11.7. The second-order valence-corrected chi connectivity index (χ2v) is 4.61. The van der Waals surface area contributed by atoms with Crippen LogP contribution in [-0.2, 0) is 27.2 Å². The molecule has 1 unspecified atom stereocenters. The van der Waals surface area contributed by atoms with Crippen LogP contribution in [0.2, 0.25) is 0 Å². The van der Waals surface area contributed by atoms with Gasteiger partial charge in [-0.1, -0.05) is 31.2 Å². The van der Waals surface area contributed by atoms with E-state index in [1.54, 1.807) is 0 Å². The SMILES string of the molecule is CCc1cccc(CCC(=O)C(NC(C)=O)C(=O)O)c1. The van der Waals surface area contributed by atoms with E-state index in [9.17, 15) is 14.4 Å². The second-order valence-electron chi connectivity index (χ2n) is 4.61. The number of amides is 1. The van der Waals surface area contributed by atoms with Crippen LogP contribution in [0.4, 0.5) is 0 Å². The first kappa shape index (κ1) is 15.9. The number of carbonyl (C=O) groups is 3. The van der Waals surface area contributed by atoms with Crippen molar-refractivity contribution in [3.8, 4) is 0 Å². The van der Waals surface area contributed by atoms with Gasteiger partial charge in [0.2, 0.25) is 5.91 Å². The van der Waals surface area contributed by atoms with E-state index in [1.807, 2.05) is 31.2 Å². The van der Waals surface area contributed by atoms with Crippen molar-refractivity contribution in [2.45, 2.75) is 39.2 Å². The monoisotopic (exact) mass is 277 g/mol. The first-order valence-electron chi connectivity index (χ1n) is 6.54. The molecule has 1 atom stereocenters. The lowest BCUT2D eigenvalue weighted by Gasteiger charge is -2.12. The van der Waals surface area contributed by atoms with Gasteiger partial charge < -0.3 is 10.4 Å². The van der Waals surface area contributed by atoms with E-state index in [2.05, 4.69) is 5.32 Å². The standard InChI is InChI=1S/C15H19NO4/c1-3-11-5-4-6-12(9-11)7-8-13(18)14(15(19)20)16-10(2)17/h4-6,9,14H,3,7-8H2,1-2H3,(H,16,17)(H,19,20). The van der Waals surface area contributed by atoms with Crippen molar-refractivity contribution in [1.29, 1.82) is 0 Å². The smallest absolute Gasteiger partial charge is 0.334 e. The molecular weight excluding hydrogens is 258 g/mol. The Morgan fingerprint density at radius 3 is 2.45 bits per heavy atom. The van der Waals surface area contributed by atoms with Crippen molar-refractivity contribution in [2.24, 2.45) is 0 Å². The highest BCUT2D eigenvalue weighted by Gasteiger charge is 2.26. The molecule has 5 nitrogen and oxygen atoms in total. The molecule has 20 heavy (non-hydrogen) atoms. The van der Waals surface area contributed by atoms with Gasteiger partial charge in [0.1, 0.15) is 0 Å². The molecule has 108 valence electrons. The van der Waals surface area contributed by atoms with Crippen LogP contribution in [0.5, 0.6) is 0 Å². The highest BCUT2D eigenvalue weighted by molar-refractivity contribution is 6.04. The number of ketones is 1. The second kappa shape index (κ2) is 7.43. The molecule has 2 N–H and O–H groups in total. The Hall–Kier alpha value is -2.17. The lowest BCUT2D eigenvalue weighted by atomic mass is 10.0. The summed E-state index contributed by atoms with van der Waals surface area (Å²) in [5.41, 5.74) is 2.16. The van der Waals surface area contributed by atoms with Gasteiger partial charge in [0.15, 0.2) is 11.8 Å². The van der Waals surface area contributed by atoms with Crippen molar-refractivity contribution in [3.05, 3.63) is 35.4 Å². The van der Waals surface area contributed by atoms with Crippen molar-refractivity contribution in [2.75, 3.05) is 0 Å². The van der Waals surface area contributed by atoms with E-state index < -0.39 is 23.7 Å². The molecule has 0 saturated carbocycles. The molecule has 1 aromatic rings. The summed E-state index contributed by atoms with van der Waals surface area (Å²) in [4.78, 5) is 33.7. The molecule has 0 aromatic heterocycles. The number of carboxylic acid groups (broad SMARTS) is 1. The summed E-state index contributed by atoms with van der Waals surface area (Å²) in [6.45, 7) is 3.23. The fourth-order valence-electron chi connectivity index (χ4n) is 1.90. The predicted octanol–water partition coefficient (Wildman–Crippen LogP) is 1.34. The fourth-order valence-corrected chi connectivity index (χ4v) is 1.90. The third-order valence-electron chi connectivity index (χ3n) is 2.98. The zero-order valence-corrected chi connectivity index (χ0v) is 11.7. The fraction of sp³-hybridized carbons (Fsp3) is 0.400.